The summed E-state index contributed by atoms with van der Waals surface area (Å²) < 4.78 is 42.1. The molecule has 0 aliphatic rings. The van der Waals surface area contributed by atoms with Gasteiger partial charge in [0.15, 0.2) is 9.84 Å². The molecule has 0 amide bonds. The van der Waals surface area contributed by atoms with Crippen molar-refractivity contribution >= 4 is 9.84 Å². The largest absolute Gasteiger partial charge is 0.489 e. The lowest BCUT2D eigenvalue weighted by Crippen LogP contribution is -2.03. The van der Waals surface area contributed by atoms with Crippen molar-refractivity contribution in [1.29, 1.82) is 0 Å². The van der Waals surface area contributed by atoms with Crippen LogP contribution in [0.1, 0.15) is 11.1 Å². The SMILES string of the molecule is CS(=O)(=O)c1cccc(OCc2ccc(CN)cc2F)c1. The Bertz CT molecular complexity index is 744. The lowest BCUT2D eigenvalue weighted by molar-refractivity contribution is 0.299. The maximum absolute atomic E-state index is 13.8. The highest BCUT2D eigenvalue weighted by molar-refractivity contribution is 7.90. The molecule has 0 saturated heterocycles. The molecule has 6 heteroatoms. The van der Waals surface area contributed by atoms with Gasteiger partial charge in [-0.1, -0.05) is 18.2 Å². The topological polar surface area (TPSA) is 69.4 Å². The minimum atomic E-state index is -3.29. The molecule has 0 aliphatic heterocycles. The van der Waals surface area contributed by atoms with Crippen LogP contribution in [0.4, 0.5) is 4.39 Å². The van der Waals surface area contributed by atoms with Gasteiger partial charge >= 0.3 is 0 Å². The second-order valence-electron chi connectivity index (χ2n) is 4.67. The molecule has 0 radical (unpaired) electrons. The van der Waals surface area contributed by atoms with Gasteiger partial charge in [-0.15, -0.1) is 0 Å². The normalized spacial score (nSPS) is 11.4. The van der Waals surface area contributed by atoms with Crippen LogP contribution in [0.3, 0.4) is 0 Å². The summed E-state index contributed by atoms with van der Waals surface area (Å²) in [5, 5.41) is 0. The van der Waals surface area contributed by atoms with Crippen molar-refractivity contribution in [3.05, 3.63) is 59.4 Å². The zero-order valence-electron chi connectivity index (χ0n) is 11.5. The number of halogens is 1. The molecule has 2 aromatic rings. The van der Waals surface area contributed by atoms with Gasteiger partial charge in [0.2, 0.25) is 0 Å². The van der Waals surface area contributed by atoms with E-state index in [1.165, 1.54) is 18.2 Å². The fourth-order valence-corrected chi connectivity index (χ4v) is 2.45. The van der Waals surface area contributed by atoms with Crippen LogP contribution >= 0.6 is 0 Å². The van der Waals surface area contributed by atoms with E-state index in [9.17, 15) is 12.8 Å². The van der Waals surface area contributed by atoms with Crippen LogP contribution in [0, 0.1) is 5.82 Å². The van der Waals surface area contributed by atoms with E-state index in [4.69, 9.17) is 10.5 Å². The van der Waals surface area contributed by atoms with Gasteiger partial charge in [-0.25, -0.2) is 12.8 Å². The molecule has 0 bridgehead atoms. The first-order valence-electron chi connectivity index (χ1n) is 6.30. The summed E-state index contributed by atoms with van der Waals surface area (Å²) in [7, 11) is -3.29. The average molecular weight is 309 g/mol. The number of hydrogen-bond donors (Lipinski definition) is 1. The fraction of sp³-hybridized carbons (Fsp3) is 0.200. The quantitative estimate of drug-likeness (QED) is 0.920. The van der Waals surface area contributed by atoms with Gasteiger partial charge in [0.05, 0.1) is 4.90 Å². The fourth-order valence-electron chi connectivity index (χ4n) is 1.79. The van der Waals surface area contributed by atoms with Crippen LogP contribution < -0.4 is 10.5 Å². The molecule has 2 aromatic carbocycles. The Morgan fingerprint density at radius 3 is 2.57 bits per heavy atom. The Morgan fingerprint density at radius 1 is 1.19 bits per heavy atom. The highest BCUT2D eigenvalue weighted by Crippen LogP contribution is 2.19. The molecule has 0 spiro atoms. The van der Waals surface area contributed by atoms with E-state index < -0.39 is 15.7 Å². The lowest BCUT2D eigenvalue weighted by Gasteiger charge is -2.09. The molecule has 0 aromatic heterocycles. The number of nitrogens with two attached hydrogens (primary N) is 1. The van der Waals surface area contributed by atoms with Crippen LogP contribution in [0.5, 0.6) is 5.75 Å². The molecule has 112 valence electrons. The van der Waals surface area contributed by atoms with Gasteiger partial charge in [-0.05, 0) is 29.8 Å². The molecular weight excluding hydrogens is 293 g/mol. The number of rotatable bonds is 5. The summed E-state index contributed by atoms with van der Waals surface area (Å²) in [6.45, 7) is 0.290. The summed E-state index contributed by atoms with van der Waals surface area (Å²) in [5.74, 6) is -0.0163. The van der Waals surface area contributed by atoms with E-state index in [0.29, 0.717) is 16.9 Å². The van der Waals surface area contributed by atoms with Crippen molar-refractivity contribution in [2.45, 2.75) is 18.0 Å². The summed E-state index contributed by atoms with van der Waals surface area (Å²) in [6, 6.07) is 10.8. The second kappa shape index (κ2) is 6.24. The zero-order valence-corrected chi connectivity index (χ0v) is 12.4. The lowest BCUT2D eigenvalue weighted by atomic mass is 10.1. The first-order chi connectivity index (χ1) is 9.90. The van der Waals surface area contributed by atoms with E-state index in [2.05, 4.69) is 0 Å². The molecule has 0 fully saturated rings. The summed E-state index contributed by atoms with van der Waals surface area (Å²) in [6.07, 6.45) is 1.12. The van der Waals surface area contributed by atoms with Crippen LogP contribution in [0.2, 0.25) is 0 Å². The Morgan fingerprint density at radius 2 is 1.95 bits per heavy atom. The predicted molar refractivity (Wildman–Crippen MR) is 78.2 cm³/mol. The van der Waals surface area contributed by atoms with E-state index in [1.54, 1.807) is 24.3 Å². The second-order valence-corrected chi connectivity index (χ2v) is 6.68. The maximum atomic E-state index is 13.8. The summed E-state index contributed by atoms with van der Waals surface area (Å²) in [4.78, 5) is 0.166. The summed E-state index contributed by atoms with van der Waals surface area (Å²) in [5.41, 5.74) is 6.53. The van der Waals surface area contributed by atoms with Crippen molar-refractivity contribution in [2.75, 3.05) is 6.26 Å². The van der Waals surface area contributed by atoms with E-state index >= 15 is 0 Å². The van der Waals surface area contributed by atoms with Crippen molar-refractivity contribution in [3.63, 3.8) is 0 Å². The molecule has 2 N–H and O–H groups in total. The minimum absolute atomic E-state index is 0.0178. The van der Waals surface area contributed by atoms with E-state index in [1.807, 2.05) is 0 Å². The van der Waals surface area contributed by atoms with Gasteiger partial charge in [0.1, 0.15) is 18.2 Å². The number of benzene rings is 2. The van der Waals surface area contributed by atoms with Gasteiger partial charge in [0, 0.05) is 18.4 Å². The minimum Gasteiger partial charge on any atom is -0.489 e. The number of hydrogen-bond acceptors (Lipinski definition) is 4. The third-order valence-electron chi connectivity index (χ3n) is 2.98. The highest BCUT2D eigenvalue weighted by Gasteiger charge is 2.09. The monoisotopic (exact) mass is 309 g/mol. The maximum Gasteiger partial charge on any atom is 0.175 e. The third kappa shape index (κ3) is 4.03. The van der Waals surface area contributed by atoms with E-state index in [-0.39, 0.29) is 18.0 Å². The molecule has 0 aliphatic carbocycles. The first kappa shape index (κ1) is 15.5. The average Bonchev–Trinajstić information content (AvgIpc) is 2.45. The Balaban J connectivity index is 2.13. The van der Waals surface area contributed by atoms with Gasteiger partial charge in [-0.3, -0.25) is 0 Å². The van der Waals surface area contributed by atoms with Crippen molar-refractivity contribution in [1.82, 2.24) is 0 Å². The number of ether oxygens (including phenoxy) is 1. The molecular formula is C15H16FNO3S. The van der Waals surface area contributed by atoms with Gasteiger partial charge in [-0.2, -0.15) is 0 Å². The molecule has 2 rings (SSSR count). The van der Waals surface area contributed by atoms with Crippen molar-refractivity contribution < 1.29 is 17.5 Å². The van der Waals surface area contributed by atoms with Crippen molar-refractivity contribution in [3.8, 4) is 5.75 Å². The Kier molecular flexibility index (Phi) is 4.59. The van der Waals surface area contributed by atoms with E-state index in [0.717, 1.165) is 6.26 Å². The number of sulfone groups is 1. The zero-order chi connectivity index (χ0) is 15.5. The molecule has 21 heavy (non-hydrogen) atoms. The smallest absolute Gasteiger partial charge is 0.175 e. The van der Waals surface area contributed by atoms with Crippen LogP contribution in [-0.2, 0) is 23.0 Å². The predicted octanol–water partition coefficient (Wildman–Crippen LogP) is 2.27. The van der Waals surface area contributed by atoms with Gasteiger partial charge < -0.3 is 10.5 Å². The van der Waals surface area contributed by atoms with Crippen LogP contribution in [0.15, 0.2) is 47.4 Å². The van der Waals surface area contributed by atoms with Crippen LogP contribution in [0.25, 0.3) is 0 Å². The molecule has 0 heterocycles. The Labute approximate surface area is 123 Å². The molecule has 4 nitrogen and oxygen atoms in total. The Hall–Kier alpha value is -1.92. The third-order valence-corrected chi connectivity index (χ3v) is 4.09. The van der Waals surface area contributed by atoms with Gasteiger partial charge in [0.25, 0.3) is 0 Å². The standard InChI is InChI=1S/C15H16FNO3S/c1-21(18,19)14-4-2-3-13(8-14)20-10-12-6-5-11(9-17)7-15(12)16/h2-8H,9-10,17H2,1H3. The van der Waals surface area contributed by atoms with Crippen molar-refractivity contribution in [2.24, 2.45) is 5.73 Å². The highest BCUT2D eigenvalue weighted by atomic mass is 32.2. The molecule has 0 unspecified atom stereocenters. The first-order valence-corrected chi connectivity index (χ1v) is 8.19. The molecule has 0 atom stereocenters. The summed E-state index contributed by atoms with van der Waals surface area (Å²) >= 11 is 0. The van der Waals surface area contributed by atoms with Crippen LogP contribution in [-0.4, -0.2) is 14.7 Å². The molecule has 0 saturated carbocycles.